The number of anilines is 1. The Morgan fingerprint density at radius 2 is 1.81 bits per heavy atom. The van der Waals surface area contributed by atoms with E-state index in [-0.39, 0.29) is 5.91 Å². The summed E-state index contributed by atoms with van der Waals surface area (Å²) in [6, 6.07) is 15.6. The maximum atomic E-state index is 13.0. The zero-order valence-electron chi connectivity index (χ0n) is 14.8. The van der Waals surface area contributed by atoms with Gasteiger partial charge in [0.15, 0.2) is 0 Å². The largest absolute Gasteiger partial charge is 0.399 e. The molecule has 6 nitrogen and oxygen atoms in total. The maximum absolute atomic E-state index is 13.0. The van der Waals surface area contributed by atoms with E-state index in [0.717, 1.165) is 48.2 Å². The number of benzene rings is 2. The van der Waals surface area contributed by atoms with Crippen molar-refractivity contribution < 1.29 is 4.79 Å². The first-order valence-electron chi connectivity index (χ1n) is 8.83. The van der Waals surface area contributed by atoms with Crippen molar-refractivity contribution in [1.29, 1.82) is 0 Å². The zero-order valence-corrected chi connectivity index (χ0v) is 14.8. The molecular formula is C20H23N5O. The highest BCUT2D eigenvalue weighted by Crippen LogP contribution is 2.33. The summed E-state index contributed by atoms with van der Waals surface area (Å²) in [5, 5.41) is 2.94. The Morgan fingerprint density at radius 3 is 2.54 bits per heavy atom. The normalized spacial score (nSPS) is 16.0. The van der Waals surface area contributed by atoms with E-state index in [1.165, 1.54) is 0 Å². The summed E-state index contributed by atoms with van der Waals surface area (Å²) in [6.07, 6.45) is 0. The minimum absolute atomic E-state index is 0.122. The molecule has 6 heteroatoms. The fraction of sp³-hybridized carbons (Fsp3) is 0.250. The molecule has 0 bridgehead atoms. The van der Waals surface area contributed by atoms with Gasteiger partial charge in [0, 0.05) is 48.3 Å². The van der Waals surface area contributed by atoms with Gasteiger partial charge in [-0.05, 0) is 30.8 Å². The van der Waals surface area contributed by atoms with Gasteiger partial charge in [-0.25, -0.2) is 5.01 Å². The van der Waals surface area contributed by atoms with Crippen molar-refractivity contribution >= 4 is 22.5 Å². The smallest absolute Gasteiger partial charge is 0.282 e. The number of amides is 1. The fourth-order valence-electron chi connectivity index (χ4n) is 3.40. The minimum atomic E-state index is -0.122. The van der Waals surface area contributed by atoms with E-state index in [1.807, 2.05) is 53.5 Å². The summed E-state index contributed by atoms with van der Waals surface area (Å²) in [7, 11) is 2.09. The number of hydrazine groups is 1. The number of hydrogen-bond acceptors (Lipinski definition) is 4. The number of aromatic amines is 1. The number of nitrogens with one attached hydrogen (secondary N) is 2. The van der Waals surface area contributed by atoms with E-state index in [9.17, 15) is 4.79 Å². The van der Waals surface area contributed by atoms with E-state index in [1.54, 1.807) is 0 Å². The number of fused-ring (bicyclic) bond motifs is 1. The highest BCUT2D eigenvalue weighted by Gasteiger charge is 2.22. The van der Waals surface area contributed by atoms with Crippen molar-refractivity contribution in [3.63, 3.8) is 0 Å². The summed E-state index contributed by atoms with van der Waals surface area (Å²) in [5.74, 6) is -0.122. The van der Waals surface area contributed by atoms with E-state index >= 15 is 0 Å². The predicted octanol–water partition coefficient (Wildman–Crippen LogP) is 2.31. The van der Waals surface area contributed by atoms with Crippen molar-refractivity contribution in [2.45, 2.75) is 0 Å². The molecule has 3 aromatic rings. The van der Waals surface area contributed by atoms with Crippen molar-refractivity contribution in [2.75, 3.05) is 39.0 Å². The van der Waals surface area contributed by atoms with Gasteiger partial charge < -0.3 is 15.6 Å². The van der Waals surface area contributed by atoms with Crippen LogP contribution in [0, 0.1) is 0 Å². The topological polar surface area (TPSA) is 77.4 Å². The Labute approximate surface area is 152 Å². The fourth-order valence-corrected chi connectivity index (χ4v) is 3.40. The van der Waals surface area contributed by atoms with Gasteiger partial charge in [0.1, 0.15) is 5.69 Å². The van der Waals surface area contributed by atoms with Crippen LogP contribution in [0.4, 0.5) is 5.69 Å². The number of rotatable bonds is 3. The molecule has 0 spiro atoms. The Morgan fingerprint density at radius 1 is 1.08 bits per heavy atom. The van der Waals surface area contributed by atoms with Crippen LogP contribution < -0.4 is 11.2 Å². The Kier molecular flexibility index (Phi) is 4.36. The van der Waals surface area contributed by atoms with Crippen molar-refractivity contribution in [3.05, 3.63) is 54.2 Å². The quantitative estimate of drug-likeness (QED) is 0.634. The third-order valence-corrected chi connectivity index (χ3v) is 4.88. The summed E-state index contributed by atoms with van der Waals surface area (Å²) in [6.45, 7) is 3.51. The lowest BCUT2D eigenvalue weighted by Gasteiger charge is -2.32. The lowest BCUT2D eigenvalue weighted by atomic mass is 10.0. The molecule has 0 radical (unpaired) electrons. The zero-order chi connectivity index (χ0) is 18.1. The van der Waals surface area contributed by atoms with Gasteiger partial charge in [-0.15, -0.1) is 0 Å². The number of piperazine rings is 1. The SMILES string of the molecule is CN1CCN(NC(=O)c2[nH]c3ccc(N)cc3c2-c2ccccc2)CC1. The van der Waals surface area contributed by atoms with Crippen molar-refractivity contribution in [3.8, 4) is 11.1 Å². The molecule has 1 amide bonds. The van der Waals surface area contributed by atoms with Gasteiger partial charge in [-0.1, -0.05) is 30.3 Å². The Balaban J connectivity index is 1.73. The first-order chi connectivity index (χ1) is 12.6. The predicted molar refractivity (Wildman–Crippen MR) is 105 cm³/mol. The van der Waals surface area contributed by atoms with Crippen LogP contribution in [0.15, 0.2) is 48.5 Å². The third-order valence-electron chi connectivity index (χ3n) is 4.88. The molecule has 1 aliphatic rings. The van der Waals surface area contributed by atoms with Gasteiger partial charge in [-0.2, -0.15) is 0 Å². The minimum Gasteiger partial charge on any atom is -0.399 e. The van der Waals surface area contributed by atoms with E-state index in [4.69, 9.17) is 5.73 Å². The summed E-state index contributed by atoms with van der Waals surface area (Å²) in [5.41, 5.74) is 13.1. The van der Waals surface area contributed by atoms with E-state index in [2.05, 4.69) is 22.4 Å². The Hall–Kier alpha value is -2.83. The molecule has 134 valence electrons. The molecule has 0 atom stereocenters. The van der Waals surface area contributed by atoms with Gasteiger partial charge in [0.05, 0.1) is 0 Å². The Bertz CT molecular complexity index is 926. The number of nitrogens with zero attached hydrogens (tertiary/aromatic N) is 2. The van der Waals surface area contributed by atoms with Crippen LogP contribution in [0.25, 0.3) is 22.0 Å². The first-order valence-corrected chi connectivity index (χ1v) is 8.83. The number of carbonyl (C=O) groups excluding carboxylic acids is 1. The molecule has 1 saturated heterocycles. The summed E-state index contributed by atoms with van der Waals surface area (Å²) >= 11 is 0. The highest BCUT2D eigenvalue weighted by molar-refractivity contribution is 6.10. The first kappa shape index (κ1) is 16.6. The molecule has 0 aliphatic carbocycles. The van der Waals surface area contributed by atoms with Crippen LogP contribution in [-0.2, 0) is 0 Å². The molecule has 26 heavy (non-hydrogen) atoms. The average molecular weight is 349 g/mol. The second kappa shape index (κ2) is 6.82. The number of aromatic nitrogens is 1. The molecular weight excluding hydrogens is 326 g/mol. The summed E-state index contributed by atoms with van der Waals surface area (Å²) in [4.78, 5) is 18.6. The van der Waals surface area contributed by atoms with Crippen LogP contribution >= 0.6 is 0 Å². The van der Waals surface area contributed by atoms with E-state index < -0.39 is 0 Å². The number of nitrogen functional groups attached to an aromatic ring is 1. The summed E-state index contributed by atoms with van der Waals surface area (Å²) < 4.78 is 0. The number of carbonyl (C=O) groups is 1. The number of nitrogens with two attached hydrogens (primary N) is 1. The molecule has 2 aromatic carbocycles. The van der Waals surface area contributed by atoms with Crippen molar-refractivity contribution in [1.82, 2.24) is 20.3 Å². The van der Waals surface area contributed by atoms with Crippen molar-refractivity contribution in [2.24, 2.45) is 0 Å². The average Bonchev–Trinajstić information content (AvgIpc) is 3.03. The van der Waals surface area contributed by atoms with Crippen LogP contribution in [0.5, 0.6) is 0 Å². The lowest BCUT2D eigenvalue weighted by Crippen LogP contribution is -2.52. The second-order valence-corrected chi connectivity index (χ2v) is 6.78. The highest BCUT2D eigenvalue weighted by atomic mass is 16.2. The molecule has 2 heterocycles. The van der Waals surface area contributed by atoms with Gasteiger partial charge in [0.2, 0.25) is 0 Å². The van der Waals surface area contributed by atoms with Gasteiger partial charge in [-0.3, -0.25) is 10.2 Å². The molecule has 1 fully saturated rings. The van der Waals surface area contributed by atoms with Crippen LogP contribution in [-0.4, -0.2) is 54.0 Å². The monoisotopic (exact) mass is 349 g/mol. The van der Waals surface area contributed by atoms with E-state index in [0.29, 0.717) is 11.4 Å². The van der Waals surface area contributed by atoms with Crippen LogP contribution in [0.3, 0.4) is 0 Å². The molecule has 4 N–H and O–H groups in total. The molecule has 1 aliphatic heterocycles. The number of likely N-dealkylation sites (N-methyl/N-ethyl adjacent to an activating group) is 1. The molecule has 1 aromatic heterocycles. The maximum Gasteiger partial charge on any atom is 0.282 e. The second-order valence-electron chi connectivity index (χ2n) is 6.78. The molecule has 0 saturated carbocycles. The number of H-pyrrole nitrogens is 1. The third kappa shape index (κ3) is 3.16. The van der Waals surface area contributed by atoms with Gasteiger partial charge in [0.25, 0.3) is 5.91 Å². The van der Waals surface area contributed by atoms with Crippen LogP contribution in [0.1, 0.15) is 10.5 Å². The van der Waals surface area contributed by atoms with Gasteiger partial charge >= 0.3 is 0 Å². The number of hydrogen-bond donors (Lipinski definition) is 3. The lowest BCUT2D eigenvalue weighted by molar-refractivity contribution is 0.0659. The molecule has 0 unspecified atom stereocenters. The molecule has 4 rings (SSSR count). The van der Waals surface area contributed by atoms with Crippen LogP contribution in [0.2, 0.25) is 0 Å². The standard InChI is InChI=1S/C20H23N5O/c1-24-9-11-25(12-10-24)23-20(26)19-18(14-5-3-2-4-6-14)16-13-15(21)7-8-17(16)22-19/h2-8,13,22H,9-12,21H2,1H3,(H,23,26).